The summed E-state index contributed by atoms with van der Waals surface area (Å²) in [6, 6.07) is 13.5. The first kappa shape index (κ1) is 18.0. The van der Waals surface area contributed by atoms with Crippen molar-refractivity contribution in [2.75, 3.05) is 19.0 Å². The quantitative estimate of drug-likeness (QED) is 0.803. The van der Waals surface area contributed by atoms with E-state index in [4.69, 9.17) is 4.74 Å². The zero-order valence-corrected chi connectivity index (χ0v) is 14.4. The van der Waals surface area contributed by atoms with Gasteiger partial charge in [-0.3, -0.25) is 4.79 Å². The van der Waals surface area contributed by atoms with Gasteiger partial charge in [0.25, 0.3) is 0 Å². The lowest BCUT2D eigenvalue weighted by molar-refractivity contribution is -0.114. The maximum Gasteiger partial charge on any atom is 0.240 e. The first-order valence-electron chi connectivity index (χ1n) is 7.41. The number of nitrogens with one attached hydrogen (secondary N) is 2. The average Bonchev–Trinajstić information content (AvgIpc) is 2.55. The molecule has 0 aromatic heterocycles. The molecule has 128 valence electrons. The molecule has 2 aromatic rings. The van der Waals surface area contributed by atoms with Gasteiger partial charge in [-0.15, -0.1) is 0 Å². The molecule has 0 unspecified atom stereocenters. The normalized spacial score (nSPS) is 11.1. The van der Waals surface area contributed by atoms with Crippen LogP contribution in [-0.2, 0) is 21.2 Å². The lowest BCUT2D eigenvalue weighted by Crippen LogP contribution is -2.26. The number of methoxy groups -OCH3 is 1. The van der Waals surface area contributed by atoms with Crippen molar-refractivity contribution in [3.05, 3.63) is 54.1 Å². The van der Waals surface area contributed by atoms with Gasteiger partial charge in [0.1, 0.15) is 5.75 Å². The molecular formula is C17H20N2O4S. The van der Waals surface area contributed by atoms with Crippen LogP contribution in [0.3, 0.4) is 0 Å². The van der Waals surface area contributed by atoms with E-state index in [-0.39, 0.29) is 17.3 Å². The largest absolute Gasteiger partial charge is 0.497 e. The molecule has 0 heterocycles. The van der Waals surface area contributed by atoms with Crippen molar-refractivity contribution in [3.63, 3.8) is 0 Å². The molecule has 0 saturated carbocycles. The molecule has 2 rings (SSSR count). The average molecular weight is 348 g/mol. The Morgan fingerprint density at radius 1 is 1.12 bits per heavy atom. The van der Waals surface area contributed by atoms with Crippen LogP contribution in [-0.4, -0.2) is 28.0 Å². The zero-order chi connectivity index (χ0) is 17.6. The second-order valence-electron chi connectivity index (χ2n) is 5.20. The molecule has 0 bridgehead atoms. The SMILES string of the molecule is COc1cccc(CCNS(=O)(=O)c2ccc(NC(C)=O)cc2)c1. The fraction of sp³-hybridized carbons (Fsp3) is 0.235. The Balaban J connectivity index is 1.96. The monoisotopic (exact) mass is 348 g/mol. The number of carbonyl (C=O) groups is 1. The van der Waals surface area contributed by atoms with Crippen molar-refractivity contribution in [2.45, 2.75) is 18.2 Å². The fourth-order valence-electron chi connectivity index (χ4n) is 2.16. The van der Waals surface area contributed by atoms with Crippen molar-refractivity contribution in [1.82, 2.24) is 4.72 Å². The van der Waals surface area contributed by atoms with E-state index in [9.17, 15) is 13.2 Å². The summed E-state index contributed by atoms with van der Waals surface area (Å²) >= 11 is 0. The number of benzene rings is 2. The van der Waals surface area contributed by atoms with E-state index in [1.54, 1.807) is 19.2 Å². The van der Waals surface area contributed by atoms with Gasteiger partial charge in [-0.05, 0) is 48.4 Å². The minimum atomic E-state index is -3.59. The highest BCUT2D eigenvalue weighted by atomic mass is 32.2. The molecule has 0 spiro atoms. The number of hydrogen-bond donors (Lipinski definition) is 2. The summed E-state index contributed by atoms with van der Waals surface area (Å²) in [7, 11) is -2.00. The molecule has 6 nitrogen and oxygen atoms in total. The molecule has 0 radical (unpaired) electrons. The number of rotatable bonds is 7. The van der Waals surface area contributed by atoms with Gasteiger partial charge in [0.05, 0.1) is 12.0 Å². The van der Waals surface area contributed by atoms with Crippen LogP contribution < -0.4 is 14.8 Å². The van der Waals surface area contributed by atoms with E-state index in [0.29, 0.717) is 12.1 Å². The van der Waals surface area contributed by atoms with E-state index in [2.05, 4.69) is 10.0 Å². The van der Waals surface area contributed by atoms with Crippen LogP contribution in [0.25, 0.3) is 0 Å². The molecule has 2 N–H and O–H groups in total. The van der Waals surface area contributed by atoms with Crippen molar-refractivity contribution in [3.8, 4) is 5.75 Å². The number of ether oxygens (including phenoxy) is 1. The summed E-state index contributed by atoms with van der Waals surface area (Å²) in [5.41, 5.74) is 1.54. The second kappa shape index (κ2) is 7.94. The number of anilines is 1. The van der Waals surface area contributed by atoms with E-state index < -0.39 is 10.0 Å². The van der Waals surface area contributed by atoms with Gasteiger partial charge in [0.15, 0.2) is 0 Å². The van der Waals surface area contributed by atoms with Crippen molar-refractivity contribution < 1.29 is 17.9 Å². The highest BCUT2D eigenvalue weighted by Gasteiger charge is 2.13. The molecule has 0 fully saturated rings. The van der Waals surface area contributed by atoms with Gasteiger partial charge in [-0.2, -0.15) is 0 Å². The predicted molar refractivity (Wildman–Crippen MR) is 92.6 cm³/mol. The van der Waals surface area contributed by atoms with Gasteiger partial charge < -0.3 is 10.1 Å². The molecule has 0 aliphatic rings. The van der Waals surface area contributed by atoms with E-state index >= 15 is 0 Å². The first-order chi connectivity index (χ1) is 11.4. The Morgan fingerprint density at radius 2 is 1.83 bits per heavy atom. The van der Waals surface area contributed by atoms with Crippen molar-refractivity contribution in [1.29, 1.82) is 0 Å². The van der Waals surface area contributed by atoms with Crippen LogP contribution in [0.1, 0.15) is 12.5 Å². The van der Waals surface area contributed by atoms with Crippen LogP contribution in [0.15, 0.2) is 53.4 Å². The van der Waals surface area contributed by atoms with Crippen molar-refractivity contribution in [2.24, 2.45) is 0 Å². The smallest absolute Gasteiger partial charge is 0.240 e. The summed E-state index contributed by atoms with van der Waals surface area (Å²) in [5.74, 6) is 0.533. The molecule has 0 atom stereocenters. The molecule has 0 aliphatic heterocycles. The van der Waals surface area contributed by atoms with Crippen LogP contribution in [0.2, 0.25) is 0 Å². The van der Waals surface area contributed by atoms with Crippen LogP contribution in [0.5, 0.6) is 5.75 Å². The molecule has 0 aliphatic carbocycles. The van der Waals surface area contributed by atoms with E-state index in [1.807, 2.05) is 24.3 Å². The minimum Gasteiger partial charge on any atom is -0.497 e. The Morgan fingerprint density at radius 3 is 2.46 bits per heavy atom. The third kappa shape index (κ3) is 5.07. The van der Waals surface area contributed by atoms with Crippen molar-refractivity contribution >= 4 is 21.6 Å². The minimum absolute atomic E-state index is 0.155. The Hall–Kier alpha value is -2.38. The maximum atomic E-state index is 12.3. The summed E-state index contributed by atoms with van der Waals surface area (Å²) < 4.78 is 32.2. The van der Waals surface area contributed by atoms with Gasteiger partial charge in [-0.1, -0.05) is 12.1 Å². The molecule has 7 heteroatoms. The lowest BCUT2D eigenvalue weighted by atomic mass is 10.1. The third-order valence-electron chi connectivity index (χ3n) is 3.32. The maximum absolute atomic E-state index is 12.3. The van der Waals surface area contributed by atoms with Gasteiger partial charge in [0, 0.05) is 19.2 Å². The number of carbonyl (C=O) groups excluding carboxylic acids is 1. The number of hydrogen-bond acceptors (Lipinski definition) is 4. The number of amides is 1. The number of sulfonamides is 1. The Kier molecular flexibility index (Phi) is 5.94. The predicted octanol–water partition coefficient (Wildman–Crippen LogP) is 2.17. The van der Waals surface area contributed by atoms with Crippen LogP contribution in [0.4, 0.5) is 5.69 Å². The standard InChI is InChI=1S/C17H20N2O4S/c1-13(20)19-15-6-8-17(9-7-15)24(21,22)18-11-10-14-4-3-5-16(12-14)23-2/h3-9,12,18H,10-11H2,1-2H3,(H,19,20). The molecular weight excluding hydrogens is 328 g/mol. The molecule has 0 saturated heterocycles. The van der Waals surface area contributed by atoms with E-state index in [1.165, 1.54) is 19.1 Å². The van der Waals surface area contributed by atoms with E-state index in [0.717, 1.165) is 11.3 Å². The lowest BCUT2D eigenvalue weighted by Gasteiger charge is -2.09. The third-order valence-corrected chi connectivity index (χ3v) is 4.80. The molecule has 24 heavy (non-hydrogen) atoms. The molecule has 2 aromatic carbocycles. The van der Waals surface area contributed by atoms with Crippen LogP contribution >= 0.6 is 0 Å². The van der Waals surface area contributed by atoms with Gasteiger partial charge in [0.2, 0.25) is 15.9 Å². The summed E-state index contributed by atoms with van der Waals surface area (Å²) in [6.07, 6.45) is 0.556. The second-order valence-corrected chi connectivity index (χ2v) is 6.97. The molecule has 1 amide bonds. The summed E-state index contributed by atoms with van der Waals surface area (Å²) in [5, 5.41) is 2.59. The van der Waals surface area contributed by atoms with Gasteiger partial charge >= 0.3 is 0 Å². The first-order valence-corrected chi connectivity index (χ1v) is 8.89. The van der Waals surface area contributed by atoms with Gasteiger partial charge in [-0.25, -0.2) is 13.1 Å². The summed E-state index contributed by atoms with van der Waals surface area (Å²) in [4.78, 5) is 11.1. The summed E-state index contributed by atoms with van der Waals surface area (Å²) in [6.45, 7) is 1.67. The highest BCUT2D eigenvalue weighted by molar-refractivity contribution is 7.89. The zero-order valence-electron chi connectivity index (χ0n) is 13.6. The topological polar surface area (TPSA) is 84.5 Å². The van der Waals surface area contributed by atoms with Crippen LogP contribution in [0, 0.1) is 0 Å². The highest BCUT2D eigenvalue weighted by Crippen LogP contribution is 2.15. The Bertz CT molecular complexity index is 802. The fourth-order valence-corrected chi connectivity index (χ4v) is 3.19. The Labute approximate surface area is 141 Å².